The zero-order chi connectivity index (χ0) is 22.1. The summed E-state index contributed by atoms with van der Waals surface area (Å²) in [6.45, 7) is 12.1. The fourth-order valence-corrected chi connectivity index (χ4v) is 4.11. The van der Waals surface area contributed by atoms with Gasteiger partial charge >= 0.3 is 6.09 Å². The lowest BCUT2D eigenvalue weighted by molar-refractivity contribution is 0.107. The third-order valence-corrected chi connectivity index (χ3v) is 5.82. The number of amides is 1. The van der Waals surface area contributed by atoms with Crippen LogP contribution in [0.15, 0.2) is 30.0 Å². The Morgan fingerprint density at radius 3 is 2.77 bits per heavy atom. The number of cyclic esters (lactones) is 1. The Balaban J connectivity index is 1.72. The van der Waals surface area contributed by atoms with Crippen molar-refractivity contribution in [2.45, 2.75) is 26.4 Å². The van der Waals surface area contributed by atoms with Crippen LogP contribution in [0.3, 0.4) is 0 Å². The summed E-state index contributed by atoms with van der Waals surface area (Å²) >= 11 is 0. The van der Waals surface area contributed by atoms with Crippen LogP contribution in [0.2, 0.25) is 0 Å². The highest BCUT2D eigenvalue weighted by atomic mass is 32.2. The minimum Gasteiger partial charge on any atom is -0.441 e. The second-order valence-electron chi connectivity index (χ2n) is 8.08. The normalized spacial score (nSPS) is 22.8. The van der Waals surface area contributed by atoms with E-state index in [0.29, 0.717) is 30.9 Å². The van der Waals surface area contributed by atoms with Gasteiger partial charge in [0, 0.05) is 13.1 Å². The summed E-state index contributed by atoms with van der Waals surface area (Å²) in [5.41, 5.74) is 1.55. The Morgan fingerprint density at radius 1 is 1.43 bits per heavy atom. The number of piperidine rings is 1. The van der Waals surface area contributed by atoms with Crippen molar-refractivity contribution in [1.29, 1.82) is 0 Å². The molecular formula is C20H24FN3O5S. The first-order chi connectivity index (χ1) is 14.0. The Bertz CT molecular complexity index is 1020. The Hall–Kier alpha value is -2.64. The molecule has 1 atom stereocenters. The Morgan fingerprint density at radius 2 is 2.17 bits per heavy atom. The first-order valence-corrected chi connectivity index (χ1v) is 11.2. The van der Waals surface area contributed by atoms with E-state index in [-0.39, 0.29) is 18.6 Å². The van der Waals surface area contributed by atoms with Crippen LogP contribution in [0, 0.1) is 17.8 Å². The van der Waals surface area contributed by atoms with E-state index >= 15 is 0 Å². The highest BCUT2D eigenvalue weighted by molar-refractivity contribution is 7.85. The number of hydrogen-bond donors (Lipinski definition) is 0. The maximum absolute atomic E-state index is 14.9. The monoisotopic (exact) mass is 437 g/mol. The van der Waals surface area contributed by atoms with E-state index in [2.05, 4.69) is 9.03 Å². The van der Waals surface area contributed by atoms with Gasteiger partial charge in [0.1, 0.15) is 18.5 Å². The van der Waals surface area contributed by atoms with E-state index in [1.54, 1.807) is 18.3 Å². The van der Waals surface area contributed by atoms with E-state index in [4.69, 9.17) is 11.3 Å². The average Bonchev–Trinajstić information content (AvgIpc) is 3.02. The third-order valence-electron chi connectivity index (χ3n) is 5.25. The summed E-state index contributed by atoms with van der Waals surface area (Å²) in [6.07, 6.45) is 1.71. The van der Waals surface area contributed by atoms with Gasteiger partial charge in [-0.15, -0.1) is 0 Å². The van der Waals surface area contributed by atoms with Crippen molar-refractivity contribution in [3.63, 3.8) is 0 Å². The summed E-state index contributed by atoms with van der Waals surface area (Å²) in [4.78, 5) is 18.7. The molecule has 2 saturated heterocycles. The van der Waals surface area contributed by atoms with Gasteiger partial charge in [-0.3, -0.25) is 9.08 Å². The summed E-state index contributed by atoms with van der Waals surface area (Å²) < 4.78 is 46.9. The van der Waals surface area contributed by atoms with Gasteiger partial charge in [-0.05, 0) is 30.0 Å². The van der Waals surface area contributed by atoms with Gasteiger partial charge in [-0.1, -0.05) is 19.4 Å². The highest BCUT2D eigenvalue weighted by Gasteiger charge is 2.35. The fourth-order valence-electron chi connectivity index (χ4n) is 3.71. The number of carbonyl (C=O) groups is 1. The van der Waals surface area contributed by atoms with Crippen molar-refractivity contribution in [3.05, 3.63) is 47.2 Å². The molecule has 2 aliphatic rings. The van der Waals surface area contributed by atoms with E-state index in [0.717, 1.165) is 11.8 Å². The summed E-state index contributed by atoms with van der Waals surface area (Å²) in [5.74, 6) is -0.468. The molecule has 1 aromatic rings. The molecule has 0 radical (unpaired) electrons. The van der Waals surface area contributed by atoms with Crippen LogP contribution in [0.25, 0.3) is 4.85 Å². The minimum absolute atomic E-state index is 0.0642. The van der Waals surface area contributed by atoms with Crippen LogP contribution in [-0.2, 0) is 19.0 Å². The van der Waals surface area contributed by atoms with Crippen molar-refractivity contribution in [2.24, 2.45) is 5.41 Å². The van der Waals surface area contributed by atoms with Gasteiger partial charge in [-0.2, -0.15) is 8.42 Å². The van der Waals surface area contributed by atoms with Gasteiger partial charge in [-0.25, -0.2) is 14.0 Å². The van der Waals surface area contributed by atoms with Crippen molar-refractivity contribution in [1.82, 2.24) is 0 Å². The summed E-state index contributed by atoms with van der Waals surface area (Å²) in [7, 11) is -3.65. The first kappa shape index (κ1) is 22.1. The molecule has 0 aliphatic carbocycles. The average molecular weight is 437 g/mol. The lowest BCUT2D eigenvalue weighted by Crippen LogP contribution is -2.42. The second kappa shape index (κ2) is 8.24. The zero-order valence-corrected chi connectivity index (χ0v) is 17.9. The second-order valence-corrected chi connectivity index (χ2v) is 9.72. The maximum atomic E-state index is 14.9. The van der Waals surface area contributed by atoms with Gasteiger partial charge in [0.2, 0.25) is 0 Å². The number of rotatable bonds is 5. The molecule has 2 heterocycles. The van der Waals surface area contributed by atoms with Crippen molar-refractivity contribution in [3.8, 4) is 0 Å². The number of nitrogens with zero attached hydrogens (tertiary/aromatic N) is 3. The molecular weight excluding hydrogens is 413 g/mol. The molecule has 2 fully saturated rings. The Labute approximate surface area is 175 Å². The van der Waals surface area contributed by atoms with Crippen molar-refractivity contribution >= 4 is 27.6 Å². The SMILES string of the molecule is [C-]#[N+]/C=C1/CCN(c2ccc(N3C[C@H](COS(C)(=O)=O)OC3=O)cc2F)CC1(C)C. The number of hydrogen-bond acceptors (Lipinski definition) is 6. The standard InChI is InChI=1S/C20H24FN3O5S/c1-20(2)13-23(8-7-14(20)10-22-3)18-6-5-15(9-17(18)21)24-11-16(29-19(24)25)12-28-30(4,26)27/h5-6,9-10,16H,7-8,11-13H2,1-2,4H3/b14-10-/t16-/m1/s1. The molecule has 3 rings (SSSR count). The van der Waals surface area contributed by atoms with Crippen molar-refractivity contribution in [2.75, 3.05) is 42.3 Å². The molecule has 0 N–H and O–H groups in total. The molecule has 30 heavy (non-hydrogen) atoms. The van der Waals surface area contributed by atoms with E-state index in [9.17, 15) is 17.6 Å². The molecule has 162 valence electrons. The largest absolute Gasteiger partial charge is 0.441 e. The smallest absolute Gasteiger partial charge is 0.414 e. The molecule has 0 bridgehead atoms. The number of halogens is 1. The molecule has 1 amide bonds. The van der Waals surface area contributed by atoms with Gasteiger partial charge in [0.15, 0.2) is 6.20 Å². The van der Waals surface area contributed by atoms with Gasteiger partial charge in [0.05, 0.1) is 30.7 Å². The lowest BCUT2D eigenvalue weighted by Gasteiger charge is -2.41. The number of carbonyl (C=O) groups excluding carboxylic acids is 1. The van der Waals surface area contributed by atoms with Crippen LogP contribution in [0.5, 0.6) is 0 Å². The Kier molecular flexibility index (Phi) is 6.06. The van der Waals surface area contributed by atoms with Crippen LogP contribution in [-0.4, -0.2) is 53.1 Å². The molecule has 0 spiro atoms. The highest BCUT2D eigenvalue weighted by Crippen LogP contribution is 2.38. The van der Waals surface area contributed by atoms with E-state index < -0.39 is 28.1 Å². The van der Waals surface area contributed by atoms with Crippen LogP contribution in [0.1, 0.15) is 20.3 Å². The molecule has 10 heteroatoms. The predicted octanol–water partition coefficient (Wildman–Crippen LogP) is 3.17. The molecule has 0 unspecified atom stereocenters. The minimum atomic E-state index is -3.65. The third kappa shape index (κ3) is 4.91. The predicted molar refractivity (Wildman–Crippen MR) is 110 cm³/mol. The summed E-state index contributed by atoms with van der Waals surface area (Å²) in [6, 6.07) is 4.53. The van der Waals surface area contributed by atoms with Gasteiger partial charge in [0.25, 0.3) is 10.1 Å². The quantitative estimate of drug-likeness (QED) is 0.520. The number of anilines is 2. The molecule has 0 aromatic heterocycles. The molecule has 1 aromatic carbocycles. The number of benzene rings is 1. The molecule has 8 nitrogen and oxygen atoms in total. The lowest BCUT2D eigenvalue weighted by atomic mass is 9.79. The maximum Gasteiger partial charge on any atom is 0.414 e. The van der Waals surface area contributed by atoms with Crippen LogP contribution in [0.4, 0.5) is 20.6 Å². The first-order valence-electron chi connectivity index (χ1n) is 9.43. The zero-order valence-electron chi connectivity index (χ0n) is 17.1. The van der Waals surface area contributed by atoms with Gasteiger partial charge < -0.3 is 9.64 Å². The molecule has 2 aliphatic heterocycles. The van der Waals surface area contributed by atoms with Crippen LogP contribution < -0.4 is 9.80 Å². The fraction of sp³-hybridized carbons (Fsp3) is 0.500. The van der Waals surface area contributed by atoms with E-state index in [1.807, 2.05) is 18.7 Å². The van der Waals surface area contributed by atoms with Crippen LogP contribution >= 0.6 is 0 Å². The van der Waals surface area contributed by atoms with E-state index in [1.165, 1.54) is 11.0 Å². The summed E-state index contributed by atoms with van der Waals surface area (Å²) in [5, 5.41) is 0. The van der Waals surface area contributed by atoms with Crippen molar-refractivity contribution < 1.29 is 26.5 Å². The number of ether oxygens (including phenoxy) is 1. The topological polar surface area (TPSA) is 80.5 Å². The molecule has 0 saturated carbocycles.